The van der Waals surface area contributed by atoms with Crippen LogP contribution in [0, 0.1) is 20.8 Å². The Kier molecular flexibility index (Phi) is 6.29. The van der Waals surface area contributed by atoms with Crippen molar-refractivity contribution in [2.75, 3.05) is 19.0 Å². The number of carbonyl (C=O) groups excluding carboxylic acids is 2. The first-order valence-electron chi connectivity index (χ1n) is 9.15. The van der Waals surface area contributed by atoms with Gasteiger partial charge in [0.2, 0.25) is 5.91 Å². The molecule has 2 amide bonds. The van der Waals surface area contributed by atoms with Crippen LogP contribution in [0.1, 0.15) is 26.5 Å². The molecule has 2 N–H and O–H groups in total. The summed E-state index contributed by atoms with van der Waals surface area (Å²) in [7, 11) is 1.61. The number of thiazole rings is 1. The van der Waals surface area contributed by atoms with E-state index in [1.807, 2.05) is 56.3 Å². The molecule has 0 aliphatic carbocycles. The molecule has 3 rings (SSSR count). The van der Waals surface area contributed by atoms with E-state index in [0.717, 1.165) is 33.1 Å². The lowest BCUT2D eigenvalue weighted by atomic mass is 10.1. The summed E-state index contributed by atoms with van der Waals surface area (Å²) in [6, 6.07) is 13.2. The number of carbonyl (C=O) groups is 2. The van der Waals surface area contributed by atoms with E-state index < -0.39 is 0 Å². The Hall–Kier alpha value is -3.19. The van der Waals surface area contributed by atoms with E-state index >= 15 is 0 Å². The van der Waals surface area contributed by atoms with Crippen molar-refractivity contribution >= 4 is 28.8 Å². The normalized spacial score (nSPS) is 10.5. The smallest absolute Gasteiger partial charge is 0.263 e. The zero-order valence-corrected chi connectivity index (χ0v) is 17.6. The lowest BCUT2D eigenvalue weighted by Gasteiger charge is -2.10. The highest BCUT2D eigenvalue weighted by molar-refractivity contribution is 7.17. The van der Waals surface area contributed by atoms with E-state index in [-0.39, 0.29) is 18.4 Å². The van der Waals surface area contributed by atoms with E-state index in [4.69, 9.17) is 4.74 Å². The SMILES string of the molecule is COc1ccc(-c2nc(C)c(C(=O)NCC(=O)Nc3cccc(C)c3C)s2)cc1. The molecule has 0 fully saturated rings. The number of aromatic nitrogens is 1. The third kappa shape index (κ3) is 4.81. The Morgan fingerprint density at radius 3 is 2.48 bits per heavy atom. The van der Waals surface area contributed by atoms with Gasteiger partial charge in [-0.15, -0.1) is 11.3 Å². The Labute approximate surface area is 173 Å². The first-order chi connectivity index (χ1) is 13.9. The van der Waals surface area contributed by atoms with Gasteiger partial charge in [-0.25, -0.2) is 4.98 Å². The van der Waals surface area contributed by atoms with Gasteiger partial charge >= 0.3 is 0 Å². The van der Waals surface area contributed by atoms with Gasteiger partial charge in [-0.05, 0) is 62.2 Å². The van der Waals surface area contributed by atoms with Crippen molar-refractivity contribution in [3.05, 3.63) is 64.2 Å². The Balaban J connectivity index is 1.64. The fourth-order valence-corrected chi connectivity index (χ4v) is 3.77. The minimum Gasteiger partial charge on any atom is -0.497 e. The van der Waals surface area contributed by atoms with Crippen LogP contribution in [0.2, 0.25) is 0 Å². The number of aryl methyl sites for hydroxylation is 2. The van der Waals surface area contributed by atoms with Gasteiger partial charge in [0.05, 0.1) is 19.3 Å². The molecular weight excluding hydrogens is 386 g/mol. The van der Waals surface area contributed by atoms with Crippen LogP contribution in [0.5, 0.6) is 5.75 Å². The van der Waals surface area contributed by atoms with Crippen LogP contribution < -0.4 is 15.4 Å². The highest BCUT2D eigenvalue weighted by atomic mass is 32.1. The predicted octanol–water partition coefficient (Wildman–Crippen LogP) is 4.11. The number of rotatable bonds is 6. The van der Waals surface area contributed by atoms with Gasteiger partial charge in [-0.1, -0.05) is 12.1 Å². The number of benzene rings is 2. The van der Waals surface area contributed by atoms with Crippen LogP contribution in [0.3, 0.4) is 0 Å². The van der Waals surface area contributed by atoms with Crippen LogP contribution in [-0.2, 0) is 4.79 Å². The number of methoxy groups -OCH3 is 1. The average molecular weight is 410 g/mol. The summed E-state index contributed by atoms with van der Waals surface area (Å²) in [4.78, 5) is 29.8. The Morgan fingerprint density at radius 1 is 1.07 bits per heavy atom. The van der Waals surface area contributed by atoms with Crippen molar-refractivity contribution in [1.29, 1.82) is 0 Å². The second kappa shape index (κ2) is 8.87. The molecule has 0 aliphatic heterocycles. The quantitative estimate of drug-likeness (QED) is 0.642. The van der Waals surface area contributed by atoms with Crippen molar-refractivity contribution in [2.45, 2.75) is 20.8 Å². The van der Waals surface area contributed by atoms with Crippen molar-refractivity contribution in [2.24, 2.45) is 0 Å². The third-order valence-corrected chi connectivity index (χ3v) is 5.83. The summed E-state index contributed by atoms with van der Waals surface area (Å²) in [6.07, 6.45) is 0. The van der Waals surface area contributed by atoms with Gasteiger partial charge in [0.25, 0.3) is 5.91 Å². The van der Waals surface area contributed by atoms with E-state index in [9.17, 15) is 9.59 Å². The summed E-state index contributed by atoms with van der Waals surface area (Å²) in [5.41, 5.74) is 4.40. The summed E-state index contributed by atoms with van der Waals surface area (Å²) in [5, 5.41) is 6.26. The Morgan fingerprint density at radius 2 is 1.79 bits per heavy atom. The summed E-state index contributed by atoms with van der Waals surface area (Å²) < 4.78 is 5.16. The molecule has 0 atom stereocenters. The van der Waals surface area contributed by atoms with Crippen LogP contribution >= 0.6 is 11.3 Å². The molecule has 0 radical (unpaired) electrons. The summed E-state index contributed by atoms with van der Waals surface area (Å²) >= 11 is 1.30. The lowest BCUT2D eigenvalue weighted by Crippen LogP contribution is -2.32. The van der Waals surface area contributed by atoms with Crippen molar-refractivity contribution in [3.8, 4) is 16.3 Å². The standard InChI is InChI=1S/C22H23N3O3S/c1-13-6-5-7-18(14(13)2)25-19(26)12-23-21(27)20-15(3)24-22(29-20)16-8-10-17(28-4)11-9-16/h5-11H,12H2,1-4H3,(H,23,27)(H,25,26). The fraction of sp³-hybridized carbons (Fsp3) is 0.227. The van der Waals surface area contributed by atoms with Crippen LogP contribution in [-0.4, -0.2) is 30.5 Å². The molecule has 0 bridgehead atoms. The van der Waals surface area contributed by atoms with Crippen LogP contribution in [0.25, 0.3) is 10.6 Å². The number of nitrogens with one attached hydrogen (secondary N) is 2. The van der Waals surface area contributed by atoms with Gasteiger partial charge in [0, 0.05) is 11.3 Å². The van der Waals surface area contributed by atoms with Gasteiger partial charge in [0.1, 0.15) is 15.6 Å². The number of anilines is 1. The number of amides is 2. The first-order valence-corrected chi connectivity index (χ1v) is 9.97. The van der Waals surface area contributed by atoms with Crippen molar-refractivity contribution in [3.63, 3.8) is 0 Å². The molecule has 1 heterocycles. The van der Waals surface area contributed by atoms with Crippen molar-refractivity contribution < 1.29 is 14.3 Å². The number of hydrogen-bond donors (Lipinski definition) is 2. The lowest BCUT2D eigenvalue weighted by molar-refractivity contribution is -0.115. The van der Waals surface area contributed by atoms with Gasteiger partial charge in [-0.2, -0.15) is 0 Å². The zero-order chi connectivity index (χ0) is 21.0. The van der Waals surface area contributed by atoms with Crippen LogP contribution in [0.4, 0.5) is 5.69 Å². The zero-order valence-electron chi connectivity index (χ0n) is 16.8. The molecule has 150 valence electrons. The molecular formula is C22H23N3O3S. The van der Waals surface area contributed by atoms with Gasteiger partial charge in [-0.3, -0.25) is 9.59 Å². The number of hydrogen-bond acceptors (Lipinski definition) is 5. The molecule has 6 nitrogen and oxygen atoms in total. The minimum atomic E-state index is -0.309. The Bertz CT molecular complexity index is 1040. The second-order valence-corrected chi connectivity index (χ2v) is 7.64. The average Bonchev–Trinajstić information content (AvgIpc) is 3.11. The maximum atomic E-state index is 12.5. The number of ether oxygens (including phenoxy) is 1. The topological polar surface area (TPSA) is 80.3 Å². The maximum Gasteiger partial charge on any atom is 0.263 e. The largest absolute Gasteiger partial charge is 0.497 e. The maximum absolute atomic E-state index is 12.5. The van der Waals surface area contributed by atoms with E-state index in [2.05, 4.69) is 15.6 Å². The molecule has 7 heteroatoms. The fourth-order valence-electron chi connectivity index (χ4n) is 2.79. The predicted molar refractivity (Wildman–Crippen MR) is 116 cm³/mol. The monoisotopic (exact) mass is 409 g/mol. The summed E-state index contributed by atoms with van der Waals surface area (Å²) in [5.74, 6) is 0.176. The highest BCUT2D eigenvalue weighted by Crippen LogP contribution is 2.29. The highest BCUT2D eigenvalue weighted by Gasteiger charge is 2.17. The second-order valence-electron chi connectivity index (χ2n) is 6.64. The molecule has 0 spiro atoms. The molecule has 0 unspecified atom stereocenters. The van der Waals surface area contributed by atoms with Gasteiger partial charge in [0.15, 0.2) is 0 Å². The third-order valence-electron chi connectivity index (χ3n) is 4.63. The molecule has 0 aliphatic rings. The molecule has 0 saturated carbocycles. The molecule has 0 saturated heterocycles. The van der Waals surface area contributed by atoms with E-state index in [1.54, 1.807) is 14.0 Å². The van der Waals surface area contributed by atoms with Gasteiger partial charge < -0.3 is 15.4 Å². The molecule has 3 aromatic rings. The molecule has 29 heavy (non-hydrogen) atoms. The van der Waals surface area contributed by atoms with E-state index in [1.165, 1.54) is 11.3 Å². The minimum absolute atomic E-state index is 0.110. The molecule has 2 aromatic carbocycles. The van der Waals surface area contributed by atoms with Crippen molar-refractivity contribution in [1.82, 2.24) is 10.3 Å². The first kappa shape index (κ1) is 20.5. The van der Waals surface area contributed by atoms with E-state index in [0.29, 0.717) is 10.6 Å². The molecule has 1 aromatic heterocycles. The van der Waals surface area contributed by atoms with Crippen LogP contribution in [0.15, 0.2) is 42.5 Å². The summed E-state index contributed by atoms with van der Waals surface area (Å²) in [6.45, 7) is 5.61. The number of nitrogens with zero attached hydrogens (tertiary/aromatic N) is 1.